The molecule has 0 atom stereocenters. The Bertz CT molecular complexity index is 1240. The topological polar surface area (TPSA) is 115 Å². The van der Waals surface area contributed by atoms with Crippen molar-refractivity contribution in [3.05, 3.63) is 82.9 Å². The van der Waals surface area contributed by atoms with Crippen LogP contribution in [0.1, 0.15) is 29.3 Å². The summed E-state index contributed by atoms with van der Waals surface area (Å²) in [6.07, 6.45) is 2.20. The standard InChI is InChI=1S/C26H24ClN3O6/c1-3-14-35-21-11-5-18(6-12-21)26(33)36-22-13-4-17(15-23(22)34-2)16-28-30-25(32)24(31)29-20-9-7-19(27)8-10-20/h4-13,15-16H,3,14H2,1-2H3,(H,29,31)(H,30,32)/b28-16+. The van der Waals surface area contributed by atoms with E-state index < -0.39 is 17.8 Å². The van der Waals surface area contributed by atoms with Crippen molar-refractivity contribution in [3.8, 4) is 17.2 Å². The molecular formula is C26H24ClN3O6. The van der Waals surface area contributed by atoms with Gasteiger partial charge >= 0.3 is 17.8 Å². The number of methoxy groups -OCH3 is 1. The third kappa shape index (κ3) is 7.57. The minimum atomic E-state index is -0.954. The lowest BCUT2D eigenvalue weighted by Gasteiger charge is -2.10. The van der Waals surface area contributed by atoms with Crippen molar-refractivity contribution in [2.75, 3.05) is 19.0 Å². The summed E-state index contributed by atoms with van der Waals surface area (Å²) in [6.45, 7) is 2.60. The van der Waals surface area contributed by atoms with E-state index in [2.05, 4.69) is 15.8 Å². The molecule has 0 aliphatic rings. The molecule has 3 aromatic carbocycles. The third-order valence-corrected chi connectivity index (χ3v) is 4.89. The molecule has 0 aliphatic heterocycles. The molecule has 0 radical (unpaired) electrons. The number of hydrogen-bond acceptors (Lipinski definition) is 7. The van der Waals surface area contributed by atoms with Gasteiger partial charge in [-0.1, -0.05) is 18.5 Å². The van der Waals surface area contributed by atoms with Crippen LogP contribution in [-0.4, -0.2) is 37.7 Å². The first-order valence-electron chi connectivity index (χ1n) is 10.9. The van der Waals surface area contributed by atoms with Crippen LogP contribution in [-0.2, 0) is 9.59 Å². The number of anilines is 1. The smallest absolute Gasteiger partial charge is 0.343 e. The van der Waals surface area contributed by atoms with E-state index in [1.165, 1.54) is 19.4 Å². The van der Waals surface area contributed by atoms with E-state index in [0.717, 1.165) is 6.42 Å². The molecule has 0 aliphatic carbocycles. The molecule has 0 fully saturated rings. The Balaban J connectivity index is 1.57. The van der Waals surface area contributed by atoms with Gasteiger partial charge in [0.25, 0.3) is 0 Å². The number of hydrogen-bond donors (Lipinski definition) is 2. The number of nitrogens with one attached hydrogen (secondary N) is 2. The second-order valence-electron chi connectivity index (χ2n) is 7.33. The summed E-state index contributed by atoms with van der Waals surface area (Å²) in [5.41, 5.74) is 3.44. The molecule has 9 nitrogen and oxygen atoms in total. The first kappa shape index (κ1) is 26.2. The molecule has 2 N–H and O–H groups in total. The highest BCUT2D eigenvalue weighted by Crippen LogP contribution is 2.28. The fraction of sp³-hybridized carbons (Fsp3) is 0.154. The lowest BCUT2D eigenvalue weighted by molar-refractivity contribution is -0.136. The van der Waals surface area contributed by atoms with E-state index in [9.17, 15) is 14.4 Å². The maximum absolute atomic E-state index is 12.5. The number of amides is 2. The Labute approximate surface area is 213 Å². The number of rotatable bonds is 9. The first-order valence-corrected chi connectivity index (χ1v) is 11.3. The van der Waals surface area contributed by atoms with Gasteiger partial charge < -0.3 is 19.5 Å². The Hall–Kier alpha value is -4.37. The molecule has 3 rings (SSSR count). The van der Waals surface area contributed by atoms with Crippen LogP contribution >= 0.6 is 11.6 Å². The normalized spacial score (nSPS) is 10.5. The molecule has 0 bridgehead atoms. The monoisotopic (exact) mass is 509 g/mol. The Morgan fingerprint density at radius 3 is 2.33 bits per heavy atom. The van der Waals surface area contributed by atoms with Gasteiger partial charge in [-0.05, 0) is 78.7 Å². The highest BCUT2D eigenvalue weighted by atomic mass is 35.5. The van der Waals surface area contributed by atoms with Crippen LogP contribution in [0, 0.1) is 0 Å². The number of carbonyl (C=O) groups is 3. The number of ether oxygens (including phenoxy) is 3. The quantitative estimate of drug-likeness (QED) is 0.145. The summed E-state index contributed by atoms with van der Waals surface area (Å²) in [6, 6.07) is 17.6. The summed E-state index contributed by atoms with van der Waals surface area (Å²) in [4.78, 5) is 36.4. The minimum Gasteiger partial charge on any atom is -0.494 e. The van der Waals surface area contributed by atoms with Crippen molar-refractivity contribution >= 4 is 41.3 Å². The fourth-order valence-corrected chi connectivity index (χ4v) is 2.98. The number of benzene rings is 3. The molecule has 10 heteroatoms. The number of carbonyl (C=O) groups excluding carboxylic acids is 3. The van der Waals surface area contributed by atoms with Crippen molar-refractivity contribution in [1.29, 1.82) is 0 Å². The van der Waals surface area contributed by atoms with Gasteiger partial charge in [-0.2, -0.15) is 5.10 Å². The molecule has 3 aromatic rings. The summed E-state index contributed by atoms with van der Waals surface area (Å²) in [7, 11) is 1.43. The Morgan fingerprint density at radius 1 is 0.944 bits per heavy atom. The highest BCUT2D eigenvalue weighted by molar-refractivity contribution is 6.39. The van der Waals surface area contributed by atoms with Crippen LogP contribution in [0.3, 0.4) is 0 Å². The predicted molar refractivity (Wildman–Crippen MR) is 136 cm³/mol. The van der Waals surface area contributed by atoms with E-state index in [1.54, 1.807) is 60.7 Å². The van der Waals surface area contributed by atoms with Gasteiger partial charge in [0.05, 0.1) is 25.5 Å². The lowest BCUT2D eigenvalue weighted by atomic mass is 10.2. The van der Waals surface area contributed by atoms with Crippen LogP contribution in [0.25, 0.3) is 0 Å². The van der Waals surface area contributed by atoms with Gasteiger partial charge in [-0.25, -0.2) is 10.2 Å². The maximum Gasteiger partial charge on any atom is 0.343 e. The fourth-order valence-electron chi connectivity index (χ4n) is 2.85. The van der Waals surface area contributed by atoms with Crippen molar-refractivity contribution in [2.24, 2.45) is 5.10 Å². The molecule has 36 heavy (non-hydrogen) atoms. The SMILES string of the molecule is CCCOc1ccc(C(=O)Oc2ccc(/C=N/NC(=O)C(=O)Nc3ccc(Cl)cc3)cc2OC)cc1. The van der Waals surface area contributed by atoms with E-state index in [0.29, 0.717) is 34.2 Å². The molecule has 0 unspecified atom stereocenters. The van der Waals surface area contributed by atoms with E-state index in [4.69, 9.17) is 25.8 Å². The largest absolute Gasteiger partial charge is 0.494 e. The molecule has 2 amide bonds. The van der Waals surface area contributed by atoms with Gasteiger partial charge in [-0.15, -0.1) is 0 Å². The van der Waals surface area contributed by atoms with Gasteiger partial charge in [-0.3, -0.25) is 9.59 Å². The zero-order valence-electron chi connectivity index (χ0n) is 19.6. The summed E-state index contributed by atoms with van der Waals surface area (Å²) in [5.74, 6) is -1.25. The van der Waals surface area contributed by atoms with Crippen LogP contribution in [0.2, 0.25) is 5.02 Å². The van der Waals surface area contributed by atoms with Crippen LogP contribution < -0.4 is 25.0 Å². The van der Waals surface area contributed by atoms with Crippen molar-refractivity contribution in [1.82, 2.24) is 5.43 Å². The molecule has 0 aromatic heterocycles. The second kappa shape index (κ2) is 12.9. The first-order chi connectivity index (χ1) is 17.4. The van der Waals surface area contributed by atoms with Gasteiger partial charge in [0.2, 0.25) is 0 Å². The second-order valence-corrected chi connectivity index (χ2v) is 7.77. The van der Waals surface area contributed by atoms with Gasteiger partial charge in [0.15, 0.2) is 11.5 Å². The van der Waals surface area contributed by atoms with Crippen molar-refractivity contribution in [3.63, 3.8) is 0 Å². The van der Waals surface area contributed by atoms with E-state index >= 15 is 0 Å². The lowest BCUT2D eigenvalue weighted by Crippen LogP contribution is -2.32. The van der Waals surface area contributed by atoms with Crippen LogP contribution in [0.15, 0.2) is 71.8 Å². The molecule has 186 valence electrons. The summed E-state index contributed by atoms with van der Waals surface area (Å²) >= 11 is 5.79. The molecule has 0 heterocycles. The number of hydrazone groups is 1. The predicted octanol–water partition coefficient (Wildman–Crippen LogP) is 4.45. The zero-order valence-corrected chi connectivity index (χ0v) is 20.4. The molecule has 0 saturated carbocycles. The van der Waals surface area contributed by atoms with Crippen molar-refractivity contribution in [2.45, 2.75) is 13.3 Å². The molecule has 0 spiro atoms. The zero-order chi connectivity index (χ0) is 25.9. The summed E-state index contributed by atoms with van der Waals surface area (Å²) < 4.78 is 16.3. The Kier molecular flexibility index (Phi) is 9.41. The van der Waals surface area contributed by atoms with E-state index in [1.807, 2.05) is 6.92 Å². The molecule has 0 saturated heterocycles. The van der Waals surface area contributed by atoms with Gasteiger partial charge in [0.1, 0.15) is 5.75 Å². The minimum absolute atomic E-state index is 0.206. The maximum atomic E-state index is 12.5. The Morgan fingerprint density at radius 2 is 1.67 bits per heavy atom. The highest BCUT2D eigenvalue weighted by Gasteiger charge is 2.14. The van der Waals surface area contributed by atoms with Crippen molar-refractivity contribution < 1.29 is 28.6 Å². The van der Waals surface area contributed by atoms with Crippen LogP contribution in [0.5, 0.6) is 17.2 Å². The average Bonchev–Trinajstić information content (AvgIpc) is 2.89. The third-order valence-electron chi connectivity index (χ3n) is 4.64. The summed E-state index contributed by atoms with van der Waals surface area (Å²) in [5, 5.41) is 6.71. The number of nitrogens with zero attached hydrogens (tertiary/aromatic N) is 1. The number of halogens is 1. The van der Waals surface area contributed by atoms with E-state index in [-0.39, 0.29) is 11.5 Å². The average molecular weight is 510 g/mol. The number of esters is 1. The van der Waals surface area contributed by atoms with Gasteiger partial charge in [0, 0.05) is 10.7 Å². The molecular weight excluding hydrogens is 486 g/mol. The van der Waals surface area contributed by atoms with Crippen LogP contribution in [0.4, 0.5) is 5.69 Å².